The van der Waals surface area contributed by atoms with E-state index >= 15 is 0 Å². The Morgan fingerprint density at radius 2 is 2.17 bits per heavy atom. The Hall–Kier alpha value is -1.65. The Bertz CT molecular complexity index is 463. The van der Waals surface area contributed by atoms with Crippen LogP contribution >= 0.6 is 0 Å². The van der Waals surface area contributed by atoms with Crippen molar-refractivity contribution in [3.63, 3.8) is 0 Å². The lowest BCUT2D eigenvalue weighted by molar-refractivity contribution is -0.137. The molecule has 0 saturated carbocycles. The van der Waals surface area contributed by atoms with Crippen molar-refractivity contribution in [2.75, 3.05) is 18.0 Å². The van der Waals surface area contributed by atoms with Crippen molar-refractivity contribution in [3.05, 3.63) is 29.3 Å². The molecule has 5 heteroatoms. The molecule has 0 spiro atoms. The minimum absolute atomic E-state index is 0.0641. The zero-order chi connectivity index (χ0) is 13.1. The van der Waals surface area contributed by atoms with Gasteiger partial charge in [0.1, 0.15) is 11.6 Å². The van der Waals surface area contributed by atoms with E-state index < -0.39 is 17.6 Å². The van der Waals surface area contributed by atoms with Crippen molar-refractivity contribution < 1.29 is 18.7 Å². The van der Waals surface area contributed by atoms with Crippen molar-refractivity contribution >= 4 is 11.7 Å². The van der Waals surface area contributed by atoms with E-state index in [0.717, 1.165) is 12.5 Å². The Morgan fingerprint density at radius 3 is 2.89 bits per heavy atom. The molecule has 98 valence electrons. The number of hydrogen-bond donors (Lipinski definition) is 1. The number of hydrogen-bond acceptors (Lipinski definition) is 2. The minimum atomic E-state index is -0.855. The average Bonchev–Trinajstić information content (AvgIpc) is 2.27. The second-order valence-electron chi connectivity index (χ2n) is 4.48. The monoisotopic (exact) mass is 255 g/mol. The molecule has 0 unspecified atom stereocenters. The molecule has 1 aromatic carbocycles. The number of benzene rings is 1. The van der Waals surface area contributed by atoms with Crippen LogP contribution in [0.15, 0.2) is 12.1 Å². The average molecular weight is 255 g/mol. The summed E-state index contributed by atoms with van der Waals surface area (Å²) in [6.07, 6.45) is 2.03. The highest BCUT2D eigenvalue weighted by atomic mass is 19.1. The van der Waals surface area contributed by atoms with Gasteiger partial charge in [0.05, 0.1) is 5.69 Å². The van der Waals surface area contributed by atoms with E-state index in [2.05, 4.69) is 0 Å². The van der Waals surface area contributed by atoms with Gasteiger partial charge in [-0.05, 0) is 30.9 Å². The third-order valence-corrected chi connectivity index (χ3v) is 3.12. The Labute approximate surface area is 104 Å². The number of carboxylic acids is 1. The molecule has 0 aromatic heterocycles. The number of carboxylic acid groups (broad SMARTS) is 1. The van der Waals surface area contributed by atoms with E-state index in [1.807, 2.05) is 4.90 Å². The van der Waals surface area contributed by atoms with Crippen LogP contribution in [0.3, 0.4) is 0 Å². The molecule has 0 fully saturated rings. The van der Waals surface area contributed by atoms with E-state index in [1.54, 1.807) is 0 Å². The lowest BCUT2D eigenvalue weighted by Gasteiger charge is -2.31. The van der Waals surface area contributed by atoms with Gasteiger partial charge in [0.25, 0.3) is 0 Å². The van der Waals surface area contributed by atoms with Gasteiger partial charge in [-0.1, -0.05) is 0 Å². The number of nitrogens with zero attached hydrogens (tertiary/aromatic N) is 1. The fourth-order valence-corrected chi connectivity index (χ4v) is 2.38. The molecule has 1 aromatic rings. The van der Waals surface area contributed by atoms with Crippen molar-refractivity contribution in [2.45, 2.75) is 25.7 Å². The van der Waals surface area contributed by atoms with Gasteiger partial charge < -0.3 is 10.0 Å². The molecule has 1 aliphatic heterocycles. The maximum Gasteiger partial charge on any atom is 0.303 e. The fraction of sp³-hybridized carbons (Fsp3) is 0.462. The van der Waals surface area contributed by atoms with E-state index in [9.17, 15) is 13.6 Å². The van der Waals surface area contributed by atoms with Gasteiger partial charge in [0.2, 0.25) is 0 Å². The Kier molecular flexibility index (Phi) is 3.79. The third kappa shape index (κ3) is 2.78. The molecular formula is C13H15F2NO2. The number of carbonyl (C=O) groups is 1. The first-order valence-corrected chi connectivity index (χ1v) is 6.02. The predicted octanol–water partition coefficient (Wildman–Crippen LogP) is 2.58. The first kappa shape index (κ1) is 12.8. The molecule has 2 rings (SSSR count). The van der Waals surface area contributed by atoms with Crippen LogP contribution in [0.4, 0.5) is 14.5 Å². The maximum absolute atomic E-state index is 13.8. The van der Waals surface area contributed by atoms with Gasteiger partial charge in [-0.2, -0.15) is 0 Å². The molecule has 18 heavy (non-hydrogen) atoms. The molecule has 0 amide bonds. The molecular weight excluding hydrogens is 240 g/mol. The van der Waals surface area contributed by atoms with Crippen molar-refractivity contribution in [2.24, 2.45) is 0 Å². The summed E-state index contributed by atoms with van der Waals surface area (Å²) < 4.78 is 26.9. The van der Waals surface area contributed by atoms with E-state index in [0.29, 0.717) is 37.2 Å². The van der Waals surface area contributed by atoms with E-state index in [4.69, 9.17) is 5.11 Å². The Morgan fingerprint density at radius 1 is 1.39 bits per heavy atom. The largest absolute Gasteiger partial charge is 0.481 e. The van der Waals surface area contributed by atoms with Crippen LogP contribution in [0.25, 0.3) is 0 Å². The maximum atomic E-state index is 13.8. The highest BCUT2D eigenvalue weighted by Crippen LogP contribution is 2.31. The quantitative estimate of drug-likeness (QED) is 0.899. The summed E-state index contributed by atoms with van der Waals surface area (Å²) in [4.78, 5) is 12.3. The topological polar surface area (TPSA) is 40.5 Å². The SMILES string of the molecule is O=C(O)CCCN1CCCc2cc(F)cc(F)c21. The van der Waals surface area contributed by atoms with Crippen molar-refractivity contribution in [1.29, 1.82) is 0 Å². The normalized spacial score (nSPS) is 14.4. The second kappa shape index (κ2) is 5.33. The highest BCUT2D eigenvalue weighted by molar-refractivity contribution is 5.66. The summed E-state index contributed by atoms with van der Waals surface area (Å²) in [7, 11) is 0. The van der Waals surface area contributed by atoms with Gasteiger partial charge in [0, 0.05) is 25.6 Å². The number of aliphatic carboxylic acids is 1. The number of rotatable bonds is 4. The number of anilines is 1. The summed E-state index contributed by atoms with van der Waals surface area (Å²) in [5.41, 5.74) is 1.11. The lowest BCUT2D eigenvalue weighted by Crippen LogP contribution is -2.31. The zero-order valence-electron chi connectivity index (χ0n) is 9.96. The van der Waals surface area contributed by atoms with Crippen LogP contribution in [0, 0.1) is 11.6 Å². The van der Waals surface area contributed by atoms with Crippen LogP contribution in [0.1, 0.15) is 24.8 Å². The van der Waals surface area contributed by atoms with Gasteiger partial charge in [-0.25, -0.2) is 8.78 Å². The van der Waals surface area contributed by atoms with Crippen LogP contribution in [-0.4, -0.2) is 24.2 Å². The van der Waals surface area contributed by atoms with Gasteiger partial charge in [-0.3, -0.25) is 4.79 Å². The van der Waals surface area contributed by atoms with Crippen molar-refractivity contribution in [3.8, 4) is 0 Å². The van der Waals surface area contributed by atoms with Gasteiger partial charge in [0.15, 0.2) is 0 Å². The highest BCUT2D eigenvalue weighted by Gasteiger charge is 2.21. The molecule has 0 radical (unpaired) electrons. The van der Waals surface area contributed by atoms with Crippen LogP contribution in [0.2, 0.25) is 0 Å². The standard InChI is InChI=1S/C13H15F2NO2/c14-10-7-9-3-1-5-16(6-2-4-12(17)18)13(9)11(15)8-10/h7-8H,1-6H2,(H,17,18). The van der Waals surface area contributed by atoms with Crippen LogP contribution < -0.4 is 4.90 Å². The number of aryl methyl sites for hydroxylation is 1. The van der Waals surface area contributed by atoms with Crippen molar-refractivity contribution in [1.82, 2.24) is 0 Å². The third-order valence-electron chi connectivity index (χ3n) is 3.12. The number of halogens is 2. The first-order valence-electron chi connectivity index (χ1n) is 6.02. The Balaban J connectivity index is 2.14. The molecule has 1 aliphatic rings. The van der Waals surface area contributed by atoms with Gasteiger partial charge in [-0.15, -0.1) is 0 Å². The van der Waals surface area contributed by atoms with Crippen LogP contribution in [-0.2, 0) is 11.2 Å². The van der Waals surface area contributed by atoms with Gasteiger partial charge >= 0.3 is 5.97 Å². The summed E-state index contributed by atoms with van der Waals surface area (Å²) >= 11 is 0. The molecule has 1 N–H and O–H groups in total. The number of fused-ring (bicyclic) bond motifs is 1. The van der Waals surface area contributed by atoms with Crippen LogP contribution in [0.5, 0.6) is 0 Å². The summed E-state index contributed by atoms with van der Waals surface area (Å²) in [5, 5.41) is 8.59. The summed E-state index contributed by atoms with van der Waals surface area (Å²) in [5.74, 6) is -1.97. The minimum Gasteiger partial charge on any atom is -0.481 e. The lowest BCUT2D eigenvalue weighted by atomic mass is 10.0. The van der Waals surface area contributed by atoms with E-state index in [1.165, 1.54) is 6.07 Å². The first-order chi connectivity index (χ1) is 8.58. The van der Waals surface area contributed by atoms with E-state index in [-0.39, 0.29) is 6.42 Å². The molecule has 3 nitrogen and oxygen atoms in total. The summed E-state index contributed by atoms with van der Waals surface area (Å²) in [6, 6.07) is 2.25. The molecule has 0 saturated heterocycles. The molecule has 0 bridgehead atoms. The fourth-order valence-electron chi connectivity index (χ4n) is 2.38. The smallest absolute Gasteiger partial charge is 0.303 e. The zero-order valence-corrected chi connectivity index (χ0v) is 9.96. The molecule has 1 heterocycles. The molecule has 0 atom stereocenters. The summed E-state index contributed by atoms with van der Waals surface area (Å²) in [6.45, 7) is 1.18. The molecule has 0 aliphatic carbocycles. The second-order valence-corrected chi connectivity index (χ2v) is 4.48. The predicted molar refractivity (Wildman–Crippen MR) is 63.8 cm³/mol.